The predicted molar refractivity (Wildman–Crippen MR) is 96.8 cm³/mol. The van der Waals surface area contributed by atoms with Gasteiger partial charge in [0.05, 0.1) is 6.54 Å². The highest BCUT2D eigenvalue weighted by molar-refractivity contribution is 5.80. The molecule has 0 saturated heterocycles. The average molecular weight is 310 g/mol. The molecule has 2 aromatic carbocycles. The average Bonchev–Trinajstić information content (AvgIpc) is 2.53. The molecular weight excluding hydrogens is 284 g/mol. The summed E-state index contributed by atoms with van der Waals surface area (Å²) in [4.78, 5) is 11.9. The van der Waals surface area contributed by atoms with Gasteiger partial charge in [0, 0.05) is 12.2 Å². The molecule has 0 atom stereocenters. The van der Waals surface area contributed by atoms with Crippen molar-refractivity contribution in [1.29, 1.82) is 0 Å². The van der Waals surface area contributed by atoms with Crippen molar-refractivity contribution < 1.29 is 4.79 Å². The van der Waals surface area contributed by atoms with E-state index in [2.05, 4.69) is 55.7 Å². The number of hydrogen-bond acceptors (Lipinski definition) is 2. The Labute approximate surface area is 139 Å². The van der Waals surface area contributed by atoms with Gasteiger partial charge in [0.2, 0.25) is 5.91 Å². The second-order valence-corrected chi connectivity index (χ2v) is 6.77. The van der Waals surface area contributed by atoms with Gasteiger partial charge >= 0.3 is 0 Å². The minimum atomic E-state index is 0.0147. The zero-order valence-electron chi connectivity index (χ0n) is 14.2. The lowest BCUT2D eigenvalue weighted by Gasteiger charge is -2.19. The van der Waals surface area contributed by atoms with Crippen LogP contribution in [0.4, 0.5) is 5.69 Å². The third-order valence-corrected chi connectivity index (χ3v) is 3.78. The lowest BCUT2D eigenvalue weighted by atomic mass is 9.87. The molecule has 23 heavy (non-hydrogen) atoms. The largest absolute Gasteiger partial charge is 0.376 e. The van der Waals surface area contributed by atoms with Crippen molar-refractivity contribution in [3.05, 3.63) is 65.7 Å². The summed E-state index contributed by atoms with van der Waals surface area (Å²) >= 11 is 0. The van der Waals surface area contributed by atoms with E-state index in [0.29, 0.717) is 13.1 Å². The van der Waals surface area contributed by atoms with Gasteiger partial charge in [-0.3, -0.25) is 4.79 Å². The van der Waals surface area contributed by atoms with E-state index in [9.17, 15) is 4.79 Å². The van der Waals surface area contributed by atoms with Gasteiger partial charge < -0.3 is 10.6 Å². The summed E-state index contributed by atoms with van der Waals surface area (Å²) in [6.07, 6.45) is 0.854. The third kappa shape index (κ3) is 5.78. The van der Waals surface area contributed by atoms with Crippen molar-refractivity contribution in [3.8, 4) is 0 Å². The van der Waals surface area contributed by atoms with E-state index in [4.69, 9.17) is 0 Å². The molecule has 0 aliphatic carbocycles. The Morgan fingerprint density at radius 1 is 0.957 bits per heavy atom. The van der Waals surface area contributed by atoms with Gasteiger partial charge in [-0.25, -0.2) is 0 Å². The predicted octanol–water partition coefficient (Wildman–Crippen LogP) is 3.75. The maximum absolute atomic E-state index is 11.9. The standard InChI is InChI=1S/C20H26N2O/c1-20(2,3)17-9-11-18(12-10-17)22-15-19(23)21-14-13-16-7-5-4-6-8-16/h4-12,22H,13-15H2,1-3H3,(H,21,23). The van der Waals surface area contributed by atoms with Crippen molar-refractivity contribution in [1.82, 2.24) is 5.32 Å². The number of amides is 1. The summed E-state index contributed by atoms with van der Waals surface area (Å²) in [5.41, 5.74) is 3.64. The second kappa shape index (κ2) is 7.82. The number of nitrogens with one attached hydrogen (secondary N) is 2. The number of benzene rings is 2. The summed E-state index contributed by atoms with van der Waals surface area (Å²) in [7, 11) is 0. The number of rotatable bonds is 6. The molecule has 0 radical (unpaired) electrons. The number of carbonyl (C=O) groups excluding carboxylic acids is 1. The van der Waals surface area contributed by atoms with Gasteiger partial charge in [0.25, 0.3) is 0 Å². The van der Waals surface area contributed by atoms with Gasteiger partial charge in [0.15, 0.2) is 0 Å². The summed E-state index contributed by atoms with van der Waals surface area (Å²) in [6.45, 7) is 7.53. The number of hydrogen-bond donors (Lipinski definition) is 2. The molecular formula is C20H26N2O. The van der Waals surface area contributed by atoms with Gasteiger partial charge in [-0.1, -0.05) is 63.2 Å². The van der Waals surface area contributed by atoms with Crippen LogP contribution in [0.1, 0.15) is 31.9 Å². The molecule has 3 nitrogen and oxygen atoms in total. The SMILES string of the molecule is CC(C)(C)c1ccc(NCC(=O)NCCc2ccccc2)cc1. The van der Waals surface area contributed by atoms with E-state index in [1.165, 1.54) is 11.1 Å². The number of anilines is 1. The monoisotopic (exact) mass is 310 g/mol. The molecule has 0 heterocycles. The van der Waals surface area contributed by atoms with Crippen molar-refractivity contribution in [2.24, 2.45) is 0 Å². The van der Waals surface area contributed by atoms with Gasteiger partial charge in [0.1, 0.15) is 0 Å². The van der Waals surface area contributed by atoms with E-state index in [1.54, 1.807) is 0 Å². The van der Waals surface area contributed by atoms with Crippen LogP contribution in [0.15, 0.2) is 54.6 Å². The molecule has 3 heteroatoms. The Morgan fingerprint density at radius 3 is 2.22 bits per heavy atom. The van der Waals surface area contributed by atoms with E-state index >= 15 is 0 Å². The van der Waals surface area contributed by atoms with Crippen LogP contribution in [0.3, 0.4) is 0 Å². The minimum absolute atomic E-state index is 0.0147. The highest BCUT2D eigenvalue weighted by Gasteiger charge is 2.12. The molecule has 0 fully saturated rings. The first-order valence-electron chi connectivity index (χ1n) is 8.10. The normalized spacial score (nSPS) is 11.1. The van der Waals surface area contributed by atoms with Crippen molar-refractivity contribution in [3.63, 3.8) is 0 Å². The number of carbonyl (C=O) groups is 1. The Kier molecular flexibility index (Phi) is 5.80. The molecule has 0 unspecified atom stereocenters. The molecule has 0 aromatic heterocycles. The first kappa shape index (κ1) is 17.1. The molecule has 2 rings (SSSR count). The molecule has 0 aliphatic heterocycles. The Morgan fingerprint density at radius 2 is 1.61 bits per heavy atom. The van der Waals surface area contributed by atoms with Crippen molar-refractivity contribution >= 4 is 11.6 Å². The Hall–Kier alpha value is -2.29. The first-order valence-corrected chi connectivity index (χ1v) is 8.10. The minimum Gasteiger partial charge on any atom is -0.376 e. The zero-order valence-corrected chi connectivity index (χ0v) is 14.2. The maximum atomic E-state index is 11.9. The second-order valence-electron chi connectivity index (χ2n) is 6.77. The maximum Gasteiger partial charge on any atom is 0.239 e. The molecule has 2 N–H and O–H groups in total. The first-order chi connectivity index (χ1) is 10.9. The third-order valence-electron chi connectivity index (χ3n) is 3.78. The molecule has 1 amide bonds. The fraction of sp³-hybridized carbons (Fsp3) is 0.350. The van der Waals surface area contributed by atoms with Crippen LogP contribution in [0.2, 0.25) is 0 Å². The van der Waals surface area contributed by atoms with Crippen LogP contribution < -0.4 is 10.6 Å². The summed E-state index contributed by atoms with van der Waals surface area (Å²) in [5.74, 6) is 0.0147. The van der Waals surface area contributed by atoms with Gasteiger partial charge in [-0.05, 0) is 35.1 Å². The van der Waals surface area contributed by atoms with Gasteiger partial charge in [-0.2, -0.15) is 0 Å². The van der Waals surface area contributed by atoms with Crippen LogP contribution in [-0.2, 0) is 16.6 Å². The lowest BCUT2D eigenvalue weighted by molar-refractivity contribution is -0.119. The lowest BCUT2D eigenvalue weighted by Crippen LogP contribution is -2.31. The fourth-order valence-corrected chi connectivity index (χ4v) is 2.32. The summed E-state index contributed by atoms with van der Waals surface area (Å²) in [6, 6.07) is 18.4. The smallest absolute Gasteiger partial charge is 0.239 e. The molecule has 2 aromatic rings. The molecule has 0 aliphatic rings. The highest BCUT2D eigenvalue weighted by atomic mass is 16.1. The molecule has 0 saturated carbocycles. The van der Waals surface area contributed by atoms with E-state index in [0.717, 1.165) is 12.1 Å². The molecule has 122 valence electrons. The Balaban J connectivity index is 1.72. The Bertz CT molecular complexity index is 612. The van der Waals surface area contributed by atoms with Crippen LogP contribution >= 0.6 is 0 Å². The van der Waals surface area contributed by atoms with E-state index in [1.807, 2.05) is 30.3 Å². The molecule has 0 bridgehead atoms. The van der Waals surface area contributed by atoms with Crippen LogP contribution in [0, 0.1) is 0 Å². The van der Waals surface area contributed by atoms with E-state index in [-0.39, 0.29) is 11.3 Å². The van der Waals surface area contributed by atoms with Crippen molar-refractivity contribution in [2.45, 2.75) is 32.6 Å². The quantitative estimate of drug-likeness (QED) is 0.853. The topological polar surface area (TPSA) is 41.1 Å². The van der Waals surface area contributed by atoms with Gasteiger partial charge in [-0.15, -0.1) is 0 Å². The van der Waals surface area contributed by atoms with Crippen molar-refractivity contribution in [2.75, 3.05) is 18.4 Å². The van der Waals surface area contributed by atoms with Crippen LogP contribution in [-0.4, -0.2) is 19.0 Å². The zero-order chi connectivity index (χ0) is 16.7. The molecule has 0 spiro atoms. The van der Waals surface area contributed by atoms with Crippen LogP contribution in [0.5, 0.6) is 0 Å². The van der Waals surface area contributed by atoms with Crippen LogP contribution in [0.25, 0.3) is 0 Å². The summed E-state index contributed by atoms with van der Waals surface area (Å²) < 4.78 is 0. The summed E-state index contributed by atoms with van der Waals surface area (Å²) in [5, 5.41) is 6.10. The van der Waals surface area contributed by atoms with E-state index < -0.39 is 0 Å². The highest BCUT2D eigenvalue weighted by Crippen LogP contribution is 2.23. The fourth-order valence-electron chi connectivity index (χ4n) is 2.32.